The van der Waals surface area contributed by atoms with Gasteiger partial charge in [0.1, 0.15) is 0 Å². The number of anilines is 2. The fourth-order valence-corrected chi connectivity index (χ4v) is 4.54. The Morgan fingerprint density at radius 1 is 1.14 bits per heavy atom. The van der Waals surface area contributed by atoms with Crippen LogP contribution in [0.25, 0.3) is 0 Å². The summed E-state index contributed by atoms with van der Waals surface area (Å²) >= 11 is 2.26. The van der Waals surface area contributed by atoms with Crippen molar-refractivity contribution in [1.29, 1.82) is 0 Å². The smallest absolute Gasteiger partial charge is 0.325 e. The highest BCUT2D eigenvalue weighted by molar-refractivity contribution is 8.01. The van der Waals surface area contributed by atoms with Gasteiger partial charge in [-0.1, -0.05) is 48.4 Å². The molecule has 1 fully saturated rings. The summed E-state index contributed by atoms with van der Waals surface area (Å²) in [7, 11) is 0. The van der Waals surface area contributed by atoms with Crippen molar-refractivity contribution in [3.8, 4) is 0 Å². The van der Waals surface area contributed by atoms with E-state index in [0.717, 1.165) is 67.3 Å². The maximum absolute atomic E-state index is 12.7. The second kappa shape index (κ2) is 9.57. The molecule has 3 rings (SSSR count). The molecule has 11 heteroatoms. The zero-order valence-corrected chi connectivity index (χ0v) is 16.9. The molecule has 1 heterocycles. The minimum atomic E-state index is -4.47. The molecule has 0 aliphatic heterocycles. The van der Waals surface area contributed by atoms with E-state index in [1.54, 1.807) is 0 Å². The van der Waals surface area contributed by atoms with Crippen molar-refractivity contribution in [1.82, 2.24) is 10.2 Å². The van der Waals surface area contributed by atoms with E-state index >= 15 is 0 Å². The second-order valence-corrected chi connectivity index (χ2v) is 8.81. The number of alkyl halides is 3. The summed E-state index contributed by atoms with van der Waals surface area (Å²) in [5, 5.41) is 13.4. The van der Waals surface area contributed by atoms with E-state index in [4.69, 9.17) is 0 Å². The fraction of sp³-hybridized carbons (Fsp3) is 0.444. The van der Waals surface area contributed by atoms with E-state index < -0.39 is 17.6 Å². The van der Waals surface area contributed by atoms with Crippen molar-refractivity contribution in [3.63, 3.8) is 0 Å². The summed E-state index contributed by atoms with van der Waals surface area (Å²) in [6.07, 6.45) is 0.545. The monoisotopic (exact) mass is 444 g/mol. The van der Waals surface area contributed by atoms with Crippen LogP contribution in [0.15, 0.2) is 28.6 Å². The van der Waals surface area contributed by atoms with Gasteiger partial charge in [-0.25, -0.2) is 0 Å². The Hall–Kier alpha value is -2.14. The highest BCUT2D eigenvalue weighted by atomic mass is 32.2. The Bertz CT molecular complexity index is 867. The number of halogens is 3. The quantitative estimate of drug-likeness (QED) is 0.494. The summed E-state index contributed by atoms with van der Waals surface area (Å²) in [6, 6.07) is 4.44. The molecule has 2 amide bonds. The topological polar surface area (TPSA) is 84.0 Å². The van der Waals surface area contributed by atoms with Gasteiger partial charge in [0.15, 0.2) is 4.34 Å². The lowest BCUT2D eigenvalue weighted by Gasteiger charge is -2.19. The number of aromatic nitrogens is 2. The fourth-order valence-electron chi connectivity index (χ4n) is 2.99. The first kappa shape index (κ1) is 21.6. The Balaban J connectivity index is 1.48. The van der Waals surface area contributed by atoms with E-state index in [1.807, 2.05) is 0 Å². The predicted octanol–water partition coefficient (Wildman–Crippen LogP) is 4.81. The summed E-state index contributed by atoms with van der Waals surface area (Å²) in [6.45, 7) is 0. The van der Waals surface area contributed by atoms with Gasteiger partial charge in [-0.2, -0.15) is 13.2 Å². The number of amides is 2. The zero-order valence-electron chi connectivity index (χ0n) is 15.3. The molecule has 1 aliphatic carbocycles. The van der Waals surface area contributed by atoms with Crippen molar-refractivity contribution >= 4 is 45.7 Å². The number of nitrogens with one attached hydrogen (secondary N) is 2. The summed E-state index contributed by atoms with van der Waals surface area (Å²) in [4.78, 5) is 24.2. The van der Waals surface area contributed by atoms with Gasteiger partial charge in [-0.15, -0.1) is 10.2 Å². The molecule has 2 N–H and O–H groups in total. The molecule has 156 valence electrons. The number of benzene rings is 1. The Morgan fingerprint density at radius 3 is 2.62 bits per heavy atom. The minimum Gasteiger partial charge on any atom is -0.325 e. The van der Waals surface area contributed by atoms with Gasteiger partial charge in [0, 0.05) is 11.6 Å². The predicted molar refractivity (Wildman–Crippen MR) is 106 cm³/mol. The van der Waals surface area contributed by atoms with Crippen LogP contribution in [-0.2, 0) is 15.8 Å². The van der Waals surface area contributed by atoms with Crippen LogP contribution in [-0.4, -0.2) is 27.8 Å². The van der Waals surface area contributed by atoms with Gasteiger partial charge in [0.2, 0.25) is 16.9 Å². The molecule has 0 bridgehead atoms. The van der Waals surface area contributed by atoms with Gasteiger partial charge < -0.3 is 10.6 Å². The van der Waals surface area contributed by atoms with Gasteiger partial charge in [0.05, 0.1) is 11.3 Å². The van der Waals surface area contributed by atoms with Crippen LogP contribution in [0.3, 0.4) is 0 Å². The normalized spacial score (nSPS) is 15.1. The third-order valence-electron chi connectivity index (χ3n) is 4.41. The van der Waals surface area contributed by atoms with Crippen LogP contribution >= 0.6 is 23.1 Å². The molecule has 1 saturated carbocycles. The number of hydrogen-bond acceptors (Lipinski definition) is 6. The highest BCUT2D eigenvalue weighted by Gasteiger charge is 2.30. The number of carbonyl (C=O) groups is 2. The molecule has 1 aliphatic rings. The summed E-state index contributed by atoms with van der Waals surface area (Å²) < 4.78 is 38.7. The molecule has 0 saturated heterocycles. The van der Waals surface area contributed by atoms with Crippen LogP contribution in [0.4, 0.5) is 24.0 Å². The van der Waals surface area contributed by atoms with Crippen molar-refractivity contribution in [3.05, 3.63) is 29.8 Å². The Kier molecular flexibility index (Phi) is 7.12. The molecule has 29 heavy (non-hydrogen) atoms. The largest absolute Gasteiger partial charge is 0.416 e. The zero-order chi connectivity index (χ0) is 20.9. The first-order chi connectivity index (χ1) is 13.8. The maximum atomic E-state index is 12.7. The molecule has 0 unspecified atom stereocenters. The van der Waals surface area contributed by atoms with Crippen LogP contribution < -0.4 is 10.6 Å². The minimum absolute atomic E-state index is 0.00185. The lowest BCUT2D eigenvalue weighted by molar-refractivity contribution is -0.137. The van der Waals surface area contributed by atoms with Gasteiger partial charge in [0.25, 0.3) is 0 Å². The first-order valence-electron chi connectivity index (χ1n) is 9.05. The highest BCUT2D eigenvalue weighted by Crippen LogP contribution is 2.31. The maximum Gasteiger partial charge on any atom is 0.416 e. The Morgan fingerprint density at radius 2 is 1.90 bits per heavy atom. The van der Waals surface area contributed by atoms with Crippen LogP contribution in [0, 0.1) is 5.92 Å². The number of rotatable bonds is 6. The van der Waals surface area contributed by atoms with Gasteiger partial charge >= 0.3 is 6.18 Å². The molecule has 0 atom stereocenters. The molecule has 2 aromatic rings. The standard InChI is InChI=1S/C18H19F3N4O2S2/c19-18(20,21)12-7-4-8-13(9-12)22-14(26)10-28-17-25-24-16(29-17)23-15(27)11-5-2-1-3-6-11/h4,7-9,11H,1-3,5-6,10H2,(H,22,26)(H,23,24,27). The molecule has 1 aromatic carbocycles. The summed E-state index contributed by atoms with van der Waals surface area (Å²) in [5.74, 6) is -0.555. The average Bonchev–Trinajstić information content (AvgIpc) is 3.14. The van der Waals surface area contributed by atoms with Gasteiger partial charge in [-0.05, 0) is 31.0 Å². The molecular formula is C18H19F3N4O2S2. The lowest BCUT2D eigenvalue weighted by atomic mass is 9.89. The molecule has 6 nitrogen and oxygen atoms in total. The molecule has 0 radical (unpaired) electrons. The third-order valence-corrected chi connectivity index (χ3v) is 6.38. The number of carbonyl (C=O) groups excluding carboxylic acids is 2. The van der Waals surface area contributed by atoms with Crippen LogP contribution in [0.5, 0.6) is 0 Å². The molecule has 0 spiro atoms. The van der Waals surface area contributed by atoms with Gasteiger partial charge in [-0.3, -0.25) is 9.59 Å². The SMILES string of the molecule is O=C(CSc1nnc(NC(=O)C2CCCCC2)s1)Nc1cccc(C(F)(F)F)c1. The van der Waals surface area contributed by atoms with E-state index in [0.29, 0.717) is 9.47 Å². The van der Waals surface area contributed by atoms with Crippen LogP contribution in [0.1, 0.15) is 37.7 Å². The van der Waals surface area contributed by atoms with Crippen molar-refractivity contribution in [2.75, 3.05) is 16.4 Å². The number of thioether (sulfide) groups is 1. The Labute approximate surface area is 173 Å². The molecular weight excluding hydrogens is 425 g/mol. The average molecular weight is 445 g/mol. The third kappa shape index (κ3) is 6.43. The van der Waals surface area contributed by atoms with E-state index in [1.165, 1.54) is 12.1 Å². The van der Waals surface area contributed by atoms with Crippen LogP contribution in [0.2, 0.25) is 0 Å². The molecule has 1 aromatic heterocycles. The number of hydrogen-bond donors (Lipinski definition) is 2. The van der Waals surface area contributed by atoms with E-state index in [2.05, 4.69) is 20.8 Å². The van der Waals surface area contributed by atoms with Crippen molar-refractivity contribution < 1.29 is 22.8 Å². The lowest BCUT2D eigenvalue weighted by Crippen LogP contribution is -2.24. The van der Waals surface area contributed by atoms with Crippen molar-refractivity contribution in [2.24, 2.45) is 5.92 Å². The van der Waals surface area contributed by atoms with E-state index in [9.17, 15) is 22.8 Å². The number of nitrogens with zero attached hydrogens (tertiary/aromatic N) is 2. The summed E-state index contributed by atoms with van der Waals surface area (Å²) in [5.41, 5.74) is -0.756. The van der Waals surface area contributed by atoms with Crippen molar-refractivity contribution in [2.45, 2.75) is 42.6 Å². The first-order valence-corrected chi connectivity index (χ1v) is 10.9. The van der Waals surface area contributed by atoms with E-state index in [-0.39, 0.29) is 23.3 Å². The second-order valence-electron chi connectivity index (χ2n) is 6.61.